The summed E-state index contributed by atoms with van der Waals surface area (Å²) in [6.45, 7) is 4.96. The van der Waals surface area contributed by atoms with E-state index >= 15 is 0 Å². The first-order valence-corrected chi connectivity index (χ1v) is 12.2. The van der Waals surface area contributed by atoms with Crippen LogP contribution in [0.2, 0.25) is 5.02 Å². The zero-order valence-corrected chi connectivity index (χ0v) is 18.6. The van der Waals surface area contributed by atoms with Gasteiger partial charge in [0, 0.05) is 49.8 Å². The standard InChI is InChI=1S/C21H27ClN4O3S/c1-16-19-6-5-9-24(19)12-13-25(16)15-21(27)23-17-7-8-18(22)20(14-17)30(28,29)26-10-3-2-4-11-26/h5-9,14,16H,2-4,10-13,15H2,1H3,(H,23,27)/t16-/m1/s1. The SMILES string of the molecule is C[C@@H]1c2cccn2CCN1CC(=O)Nc1ccc(Cl)c(S(=O)(=O)N2CCCCC2)c1. The molecule has 30 heavy (non-hydrogen) atoms. The number of rotatable bonds is 5. The van der Waals surface area contributed by atoms with Crippen LogP contribution in [0.5, 0.6) is 0 Å². The first kappa shape index (κ1) is 21.4. The molecule has 7 nitrogen and oxygen atoms in total. The number of carbonyl (C=O) groups excluding carboxylic acids is 1. The molecule has 0 saturated carbocycles. The molecule has 2 aromatic rings. The van der Waals surface area contributed by atoms with Gasteiger partial charge in [0.25, 0.3) is 0 Å². The molecule has 0 bridgehead atoms. The van der Waals surface area contributed by atoms with Crippen molar-refractivity contribution in [1.82, 2.24) is 13.8 Å². The van der Waals surface area contributed by atoms with Gasteiger partial charge in [-0.3, -0.25) is 9.69 Å². The summed E-state index contributed by atoms with van der Waals surface area (Å²) >= 11 is 6.22. The lowest BCUT2D eigenvalue weighted by Gasteiger charge is -2.34. The normalized spacial score (nSPS) is 20.7. The van der Waals surface area contributed by atoms with E-state index in [1.165, 1.54) is 22.1 Å². The number of aromatic nitrogens is 1. The highest BCUT2D eigenvalue weighted by molar-refractivity contribution is 7.89. The van der Waals surface area contributed by atoms with E-state index in [2.05, 4.69) is 34.0 Å². The molecule has 1 aromatic carbocycles. The maximum Gasteiger partial charge on any atom is 0.244 e. The minimum atomic E-state index is -3.68. The smallest absolute Gasteiger partial charge is 0.244 e. The van der Waals surface area contributed by atoms with Crippen molar-refractivity contribution in [3.05, 3.63) is 47.2 Å². The zero-order chi connectivity index (χ0) is 21.3. The van der Waals surface area contributed by atoms with Crippen molar-refractivity contribution in [2.24, 2.45) is 0 Å². The number of piperidine rings is 1. The van der Waals surface area contributed by atoms with Gasteiger partial charge in [0.2, 0.25) is 15.9 Å². The monoisotopic (exact) mass is 450 g/mol. The van der Waals surface area contributed by atoms with E-state index in [1.54, 1.807) is 6.07 Å². The number of fused-ring (bicyclic) bond motifs is 1. The molecule has 9 heteroatoms. The Bertz CT molecular complexity index is 1030. The van der Waals surface area contributed by atoms with Crippen LogP contribution in [0.15, 0.2) is 41.4 Å². The van der Waals surface area contributed by atoms with E-state index in [1.807, 2.05) is 6.07 Å². The lowest BCUT2D eigenvalue weighted by Crippen LogP contribution is -2.41. The fourth-order valence-corrected chi connectivity index (χ4v) is 6.27. The Morgan fingerprint density at radius 2 is 1.90 bits per heavy atom. The van der Waals surface area contributed by atoms with Crippen LogP contribution >= 0.6 is 11.6 Å². The molecule has 4 rings (SSSR count). The van der Waals surface area contributed by atoms with Crippen molar-refractivity contribution >= 4 is 33.2 Å². The Labute approximate surface area is 182 Å². The maximum absolute atomic E-state index is 13.0. The fraction of sp³-hybridized carbons (Fsp3) is 0.476. The molecular weight excluding hydrogens is 424 g/mol. The van der Waals surface area contributed by atoms with Gasteiger partial charge >= 0.3 is 0 Å². The van der Waals surface area contributed by atoms with E-state index in [4.69, 9.17) is 11.6 Å². The summed E-state index contributed by atoms with van der Waals surface area (Å²) in [4.78, 5) is 14.8. The first-order chi connectivity index (χ1) is 14.4. The topological polar surface area (TPSA) is 74.6 Å². The van der Waals surface area contributed by atoms with E-state index in [0.717, 1.165) is 32.4 Å². The predicted octanol–water partition coefficient (Wildman–Crippen LogP) is 3.33. The average molecular weight is 451 g/mol. The van der Waals surface area contributed by atoms with Crippen molar-refractivity contribution < 1.29 is 13.2 Å². The van der Waals surface area contributed by atoms with Gasteiger partial charge in [0.1, 0.15) is 4.90 Å². The number of nitrogens with one attached hydrogen (secondary N) is 1. The third kappa shape index (κ3) is 4.27. The molecule has 1 saturated heterocycles. The van der Waals surface area contributed by atoms with E-state index in [9.17, 15) is 13.2 Å². The van der Waals surface area contributed by atoms with Gasteiger partial charge in [-0.15, -0.1) is 0 Å². The number of halogens is 1. The van der Waals surface area contributed by atoms with Crippen LogP contribution < -0.4 is 5.32 Å². The molecule has 3 heterocycles. The molecule has 0 aliphatic carbocycles. The molecule has 1 atom stereocenters. The van der Waals surface area contributed by atoms with Crippen LogP contribution in [-0.2, 0) is 21.4 Å². The van der Waals surface area contributed by atoms with Gasteiger partial charge in [-0.2, -0.15) is 4.31 Å². The van der Waals surface area contributed by atoms with Gasteiger partial charge < -0.3 is 9.88 Å². The molecular formula is C21H27ClN4O3S. The summed E-state index contributed by atoms with van der Waals surface area (Å²) in [5, 5.41) is 3.01. The van der Waals surface area contributed by atoms with Crippen LogP contribution in [0.3, 0.4) is 0 Å². The van der Waals surface area contributed by atoms with E-state index in [-0.39, 0.29) is 28.4 Å². The van der Waals surface area contributed by atoms with Crippen molar-refractivity contribution in [2.75, 3.05) is 31.5 Å². The third-order valence-electron chi connectivity index (χ3n) is 5.96. The average Bonchev–Trinajstić information content (AvgIpc) is 3.22. The molecule has 162 valence electrons. The molecule has 1 fully saturated rings. The second kappa shape index (κ2) is 8.70. The molecule has 1 amide bonds. The van der Waals surface area contributed by atoms with Crippen LogP contribution in [-0.4, -0.2) is 54.3 Å². The highest BCUT2D eigenvalue weighted by atomic mass is 35.5. The van der Waals surface area contributed by atoms with Gasteiger partial charge in [0.15, 0.2) is 0 Å². The zero-order valence-electron chi connectivity index (χ0n) is 17.1. The van der Waals surface area contributed by atoms with Gasteiger partial charge in [-0.25, -0.2) is 8.42 Å². The summed E-state index contributed by atoms with van der Waals surface area (Å²) in [5.41, 5.74) is 1.63. The number of hydrogen-bond donors (Lipinski definition) is 1. The number of hydrogen-bond acceptors (Lipinski definition) is 4. The van der Waals surface area contributed by atoms with Gasteiger partial charge in [0.05, 0.1) is 11.6 Å². The highest BCUT2D eigenvalue weighted by Gasteiger charge is 2.29. The summed E-state index contributed by atoms with van der Waals surface area (Å²) in [7, 11) is -3.68. The number of nitrogens with zero attached hydrogens (tertiary/aromatic N) is 3. The molecule has 0 unspecified atom stereocenters. The number of amides is 1. The molecule has 0 radical (unpaired) electrons. The van der Waals surface area contributed by atoms with Crippen LogP contribution in [0.4, 0.5) is 5.69 Å². The number of sulfonamides is 1. The Morgan fingerprint density at radius 3 is 2.67 bits per heavy atom. The second-order valence-corrected chi connectivity index (χ2v) is 10.2. The van der Waals surface area contributed by atoms with Crippen LogP contribution in [0.25, 0.3) is 0 Å². The van der Waals surface area contributed by atoms with E-state index < -0.39 is 10.0 Å². The minimum absolute atomic E-state index is 0.0491. The Kier molecular flexibility index (Phi) is 6.20. The molecule has 1 N–H and O–H groups in total. The largest absolute Gasteiger partial charge is 0.349 e. The summed E-state index contributed by atoms with van der Waals surface area (Å²) in [6.07, 6.45) is 4.80. The van der Waals surface area contributed by atoms with Crippen molar-refractivity contribution in [3.8, 4) is 0 Å². The number of anilines is 1. The Balaban J connectivity index is 1.46. The quantitative estimate of drug-likeness (QED) is 0.758. The second-order valence-electron chi connectivity index (χ2n) is 7.93. The first-order valence-electron chi connectivity index (χ1n) is 10.3. The van der Waals surface area contributed by atoms with Crippen molar-refractivity contribution in [1.29, 1.82) is 0 Å². The molecule has 2 aliphatic heterocycles. The molecule has 0 spiro atoms. The number of benzene rings is 1. The van der Waals surface area contributed by atoms with Crippen molar-refractivity contribution in [2.45, 2.75) is 43.7 Å². The minimum Gasteiger partial charge on any atom is -0.349 e. The number of carbonyl (C=O) groups is 1. The van der Waals surface area contributed by atoms with Crippen LogP contribution in [0.1, 0.15) is 37.9 Å². The molecule has 1 aromatic heterocycles. The lowest BCUT2D eigenvalue weighted by atomic mass is 10.1. The Hall–Kier alpha value is -1.87. The van der Waals surface area contributed by atoms with E-state index in [0.29, 0.717) is 18.8 Å². The summed E-state index contributed by atoms with van der Waals surface area (Å²) in [5.74, 6) is -0.175. The molecule has 2 aliphatic rings. The third-order valence-corrected chi connectivity index (χ3v) is 8.34. The highest BCUT2D eigenvalue weighted by Crippen LogP contribution is 2.30. The summed E-state index contributed by atoms with van der Waals surface area (Å²) in [6, 6.07) is 8.87. The fourth-order valence-electron chi connectivity index (χ4n) is 4.25. The van der Waals surface area contributed by atoms with Gasteiger partial charge in [-0.1, -0.05) is 18.0 Å². The van der Waals surface area contributed by atoms with Gasteiger partial charge in [-0.05, 0) is 50.1 Å². The van der Waals surface area contributed by atoms with Crippen molar-refractivity contribution in [3.63, 3.8) is 0 Å². The Morgan fingerprint density at radius 1 is 1.13 bits per heavy atom. The predicted molar refractivity (Wildman–Crippen MR) is 117 cm³/mol. The maximum atomic E-state index is 13.0. The summed E-state index contributed by atoms with van der Waals surface area (Å²) < 4.78 is 29.7. The van der Waals surface area contributed by atoms with Crippen LogP contribution in [0, 0.1) is 0 Å². The lowest BCUT2D eigenvalue weighted by molar-refractivity contribution is -0.118.